The summed E-state index contributed by atoms with van der Waals surface area (Å²) in [5, 5.41) is 12.2. The van der Waals surface area contributed by atoms with Crippen LogP contribution in [0.3, 0.4) is 0 Å². The predicted octanol–water partition coefficient (Wildman–Crippen LogP) is 16.3. The average molecular weight is 876 g/mol. The molecular weight excluding hydrogens is 787 g/mol. The number of rotatable bonds is 39. The van der Waals surface area contributed by atoms with Gasteiger partial charge in [-0.2, -0.15) is 0 Å². The summed E-state index contributed by atoms with van der Waals surface area (Å²) in [6, 6.07) is 9.75. The maximum Gasteiger partial charge on any atom is 0.335 e. The molecule has 63 heavy (non-hydrogen) atoms. The Balaban J connectivity index is 0.00000208. The summed E-state index contributed by atoms with van der Waals surface area (Å²) in [7, 11) is 0. The van der Waals surface area contributed by atoms with E-state index in [0.717, 1.165) is 44.3 Å². The van der Waals surface area contributed by atoms with Crippen LogP contribution in [0.15, 0.2) is 48.8 Å². The first kappa shape index (κ1) is 55.1. The van der Waals surface area contributed by atoms with Crippen molar-refractivity contribution in [3.63, 3.8) is 0 Å². The lowest BCUT2D eigenvalue weighted by Crippen LogP contribution is -2.14. The number of benzene rings is 2. The van der Waals surface area contributed by atoms with E-state index in [9.17, 15) is 14.7 Å². The maximum absolute atomic E-state index is 13.6. The van der Waals surface area contributed by atoms with Gasteiger partial charge in [0.1, 0.15) is 5.82 Å². The third-order valence-corrected chi connectivity index (χ3v) is 11.6. The minimum Gasteiger partial charge on any atom is -0.490 e. The molecule has 0 atom stereocenters. The standard InChI is InChI=1S/C50H83NO6.C4H6N2/c1-4-7-10-13-16-19-22-25-28-31-38-55-46-41-44(49(52)51-45-36-34-43(35-37-45)50(53)54)42-47(56-39-32-29-26-23-20-17-14-11-8-5-2)48(46)57-40-33-30-27-24-21-18-15-12-9-6-3;1-4-5-2-3-6-4/h34-37,41-42H,4-33,38-40H2,1-3H3,(H,51,52)(H,53,54);2-3H,1H3,(H,5,6). The first-order chi connectivity index (χ1) is 30.9. The Morgan fingerprint density at radius 1 is 0.524 bits per heavy atom. The fourth-order valence-electron chi connectivity index (χ4n) is 7.62. The molecule has 9 heteroatoms. The number of hydrogen-bond donors (Lipinski definition) is 3. The molecule has 0 unspecified atom stereocenters. The van der Waals surface area contributed by atoms with Gasteiger partial charge in [-0.05, 0) is 62.6 Å². The molecular formula is C54H89N3O6. The molecule has 3 aromatic rings. The topological polar surface area (TPSA) is 123 Å². The molecule has 356 valence electrons. The van der Waals surface area contributed by atoms with Crippen molar-refractivity contribution in [2.24, 2.45) is 0 Å². The van der Waals surface area contributed by atoms with Crippen LogP contribution in [0.5, 0.6) is 17.2 Å². The summed E-state index contributed by atoms with van der Waals surface area (Å²) >= 11 is 0. The Labute approximate surface area is 383 Å². The predicted molar refractivity (Wildman–Crippen MR) is 263 cm³/mol. The number of carboxylic acid groups (broad SMARTS) is 1. The molecule has 0 saturated carbocycles. The minimum absolute atomic E-state index is 0.169. The molecule has 0 spiro atoms. The van der Waals surface area contributed by atoms with Gasteiger partial charge in [-0.1, -0.05) is 194 Å². The van der Waals surface area contributed by atoms with E-state index in [2.05, 4.69) is 36.1 Å². The van der Waals surface area contributed by atoms with Gasteiger partial charge in [0.15, 0.2) is 11.5 Å². The number of unbranched alkanes of at least 4 members (excludes halogenated alkanes) is 27. The lowest BCUT2D eigenvalue weighted by atomic mass is 10.1. The molecule has 1 aromatic heterocycles. The Kier molecular flexibility index (Phi) is 33.6. The molecule has 0 saturated heterocycles. The number of ether oxygens (including phenoxy) is 3. The zero-order valence-electron chi connectivity index (χ0n) is 40.4. The van der Waals surface area contributed by atoms with E-state index in [-0.39, 0.29) is 11.5 Å². The quantitative estimate of drug-likeness (QED) is 0.0488. The lowest BCUT2D eigenvalue weighted by Gasteiger charge is -2.19. The van der Waals surface area contributed by atoms with Gasteiger partial charge in [0.25, 0.3) is 5.91 Å². The van der Waals surface area contributed by atoms with Crippen LogP contribution in [0.2, 0.25) is 0 Å². The average Bonchev–Trinajstić information content (AvgIpc) is 3.78. The van der Waals surface area contributed by atoms with Crippen LogP contribution >= 0.6 is 0 Å². The molecule has 3 N–H and O–H groups in total. The smallest absolute Gasteiger partial charge is 0.335 e. The zero-order chi connectivity index (χ0) is 45.4. The van der Waals surface area contributed by atoms with Gasteiger partial charge in [-0.15, -0.1) is 0 Å². The summed E-state index contributed by atoms with van der Waals surface area (Å²) in [5.74, 6) is 1.33. The van der Waals surface area contributed by atoms with Crippen molar-refractivity contribution in [3.05, 3.63) is 65.7 Å². The van der Waals surface area contributed by atoms with Crippen molar-refractivity contribution >= 4 is 17.6 Å². The molecule has 2 aromatic carbocycles. The van der Waals surface area contributed by atoms with Crippen molar-refractivity contribution < 1.29 is 28.9 Å². The van der Waals surface area contributed by atoms with Crippen LogP contribution in [-0.2, 0) is 0 Å². The van der Waals surface area contributed by atoms with Crippen LogP contribution in [0.4, 0.5) is 5.69 Å². The lowest BCUT2D eigenvalue weighted by molar-refractivity contribution is 0.0696. The number of nitrogens with zero attached hydrogens (tertiary/aromatic N) is 1. The molecule has 3 rings (SSSR count). The van der Waals surface area contributed by atoms with Gasteiger partial charge in [0, 0.05) is 23.6 Å². The fraction of sp³-hybridized carbons (Fsp3) is 0.685. The largest absolute Gasteiger partial charge is 0.490 e. The van der Waals surface area contributed by atoms with Gasteiger partial charge < -0.3 is 29.6 Å². The molecule has 9 nitrogen and oxygen atoms in total. The molecule has 1 heterocycles. The Bertz CT molecular complexity index is 1480. The SMILES string of the molecule is CCCCCCCCCCCCOc1cc(C(=O)Nc2ccc(C(=O)O)cc2)cc(OCCCCCCCCCCCC)c1OCCCCCCCCCCCC.Cc1ncc[nH]1. The van der Waals surface area contributed by atoms with E-state index < -0.39 is 5.97 Å². The molecule has 0 fully saturated rings. The number of hydrogen-bond acceptors (Lipinski definition) is 6. The summed E-state index contributed by atoms with van der Waals surface area (Å²) in [6.45, 7) is 10.4. The number of carboxylic acids is 1. The molecule has 0 aliphatic heterocycles. The first-order valence-corrected chi connectivity index (χ1v) is 25.6. The summed E-state index contributed by atoms with van der Waals surface area (Å²) < 4.78 is 19.4. The van der Waals surface area contributed by atoms with Gasteiger partial charge in [-0.3, -0.25) is 4.79 Å². The molecule has 0 aliphatic carbocycles. The Morgan fingerprint density at radius 2 is 0.889 bits per heavy atom. The monoisotopic (exact) mass is 876 g/mol. The second-order valence-electron chi connectivity index (χ2n) is 17.4. The van der Waals surface area contributed by atoms with Crippen LogP contribution in [0.25, 0.3) is 0 Å². The highest BCUT2D eigenvalue weighted by Crippen LogP contribution is 2.40. The van der Waals surface area contributed by atoms with E-state index >= 15 is 0 Å². The third-order valence-electron chi connectivity index (χ3n) is 11.6. The van der Waals surface area contributed by atoms with E-state index in [4.69, 9.17) is 14.2 Å². The van der Waals surface area contributed by atoms with Gasteiger partial charge in [-0.25, -0.2) is 9.78 Å². The van der Waals surface area contributed by atoms with Crippen LogP contribution < -0.4 is 19.5 Å². The number of carbonyl (C=O) groups is 2. The van der Waals surface area contributed by atoms with Gasteiger partial charge in [0.05, 0.1) is 25.4 Å². The Morgan fingerprint density at radius 3 is 1.21 bits per heavy atom. The maximum atomic E-state index is 13.6. The zero-order valence-corrected chi connectivity index (χ0v) is 40.4. The number of imidazole rings is 1. The van der Waals surface area contributed by atoms with Crippen molar-refractivity contribution in [2.45, 2.75) is 220 Å². The van der Waals surface area contributed by atoms with Crippen molar-refractivity contribution in [1.29, 1.82) is 0 Å². The van der Waals surface area contributed by atoms with Crippen molar-refractivity contribution in [3.8, 4) is 17.2 Å². The highest BCUT2D eigenvalue weighted by molar-refractivity contribution is 6.05. The summed E-state index contributed by atoms with van der Waals surface area (Å²) in [4.78, 5) is 31.8. The third kappa shape index (κ3) is 28.4. The van der Waals surface area contributed by atoms with Crippen LogP contribution in [0.1, 0.15) is 240 Å². The number of aryl methyl sites for hydroxylation is 1. The number of aromatic carboxylic acids is 1. The van der Waals surface area contributed by atoms with Crippen molar-refractivity contribution in [2.75, 3.05) is 25.1 Å². The number of H-pyrrole nitrogens is 1. The van der Waals surface area contributed by atoms with Gasteiger partial charge in [0.2, 0.25) is 5.75 Å². The first-order valence-electron chi connectivity index (χ1n) is 25.6. The van der Waals surface area contributed by atoms with E-state index in [0.29, 0.717) is 48.3 Å². The number of aromatic nitrogens is 2. The molecule has 0 bridgehead atoms. The van der Waals surface area contributed by atoms with Crippen molar-refractivity contribution in [1.82, 2.24) is 9.97 Å². The van der Waals surface area contributed by atoms with E-state index in [1.165, 1.54) is 166 Å². The number of nitrogens with one attached hydrogen (secondary N) is 2. The summed E-state index contributed by atoms with van der Waals surface area (Å²) in [5.41, 5.74) is 1.11. The summed E-state index contributed by atoms with van der Waals surface area (Å²) in [6.07, 6.45) is 41.1. The molecule has 1 amide bonds. The van der Waals surface area contributed by atoms with Crippen LogP contribution in [0, 0.1) is 6.92 Å². The fourth-order valence-corrected chi connectivity index (χ4v) is 7.62. The normalized spacial score (nSPS) is 10.9. The minimum atomic E-state index is -1.00. The number of anilines is 1. The number of aromatic amines is 1. The highest BCUT2D eigenvalue weighted by Gasteiger charge is 2.20. The number of carbonyl (C=O) groups excluding carboxylic acids is 1. The van der Waals surface area contributed by atoms with E-state index in [1.807, 2.05) is 6.92 Å². The molecule has 0 radical (unpaired) electrons. The molecule has 0 aliphatic rings. The Hall–Kier alpha value is -4.01. The second-order valence-corrected chi connectivity index (χ2v) is 17.4. The van der Waals surface area contributed by atoms with Crippen LogP contribution in [-0.4, -0.2) is 46.8 Å². The second kappa shape index (κ2) is 38.4. The van der Waals surface area contributed by atoms with Gasteiger partial charge >= 0.3 is 5.97 Å². The number of amides is 1. The highest BCUT2D eigenvalue weighted by atomic mass is 16.5. The van der Waals surface area contributed by atoms with E-state index in [1.54, 1.807) is 36.7 Å².